The van der Waals surface area contributed by atoms with Gasteiger partial charge in [-0.15, -0.1) is 0 Å². The number of aliphatic hydroxyl groups excluding tert-OH is 1. The van der Waals surface area contributed by atoms with Crippen LogP contribution in [0, 0.1) is 0 Å². The molecule has 0 fully saturated rings. The fraction of sp³-hybridized carbons (Fsp3) is 0.350. The first-order valence-corrected chi connectivity index (χ1v) is 8.54. The van der Waals surface area contributed by atoms with E-state index in [0.29, 0.717) is 12.0 Å². The summed E-state index contributed by atoms with van der Waals surface area (Å²) >= 11 is 0. The fourth-order valence-corrected chi connectivity index (χ4v) is 2.68. The lowest BCUT2D eigenvalue weighted by molar-refractivity contribution is 0.0916. The van der Waals surface area contributed by atoms with Crippen LogP contribution in [-0.2, 0) is 6.42 Å². The van der Waals surface area contributed by atoms with E-state index < -0.39 is 0 Å². The number of hydrogen-bond donors (Lipinski definition) is 3. The number of anilines is 1. The molecule has 0 heterocycles. The van der Waals surface area contributed by atoms with Crippen molar-refractivity contribution in [2.24, 2.45) is 0 Å². The number of benzene rings is 2. The molecule has 0 aliphatic rings. The summed E-state index contributed by atoms with van der Waals surface area (Å²) in [6.45, 7) is 2.94. The van der Waals surface area contributed by atoms with E-state index in [1.807, 2.05) is 19.2 Å². The number of amides is 1. The van der Waals surface area contributed by atoms with Gasteiger partial charge in [0.2, 0.25) is 0 Å². The molecule has 25 heavy (non-hydrogen) atoms. The molecule has 0 unspecified atom stereocenters. The van der Waals surface area contributed by atoms with E-state index >= 15 is 0 Å². The van der Waals surface area contributed by atoms with Gasteiger partial charge in [0.15, 0.2) is 0 Å². The Morgan fingerprint density at radius 3 is 2.32 bits per heavy atom. The van der Waals surface area contributed by atoms with Crippen LogP contribution in [0.1, 0.15) is 29.3 Å². The number of phenols is 1. The molecular weight excluding hydrogens is 316 g/mol. The van der Waals surface area contributed by atoms with Gasteiger partial charge in [0.1, 0.15) is 5.75 Å². The van der Waals surface area contributed by atoms with Crippen LogP contribution in [0.5, 0.6) is 5.75 Å². The molecule has 5 nitrogen and oxygen atoms in total. The summed E-state index contributed by atoms with van der Waals surface area (Å²) in [7, 11) is 2.03. The molecule has 2 rings (SSSR count). The summed E-state index contributed by atoms with van der Waals surface area (Å²) in [5.74, 6) is -0.0102. The van der Waals surface area contributed by atoms with E-state index in [9.17, 15) is 15.0 Å². The largest absolute Gasteiger partial charge is 0.508 e. The summed E-state index contributed by atoms with van der Waals surface area (Å²) in [6, 6.07) is 13.8. The van der Waals surface area contributed by atoms with Crippen molar-refractivity contribution in [2.75, 3.05) is 25.1 Å². The number of carbonyl (C=O) groups is 1. The Balaban J connectivity index is 1.97. The molecule has 0 radical (unpaired) electrons. The van der Waals surface area contributed by atoms with Gasteiger partial charge in [0, 0.05) is 24.8 Å². The van der Waals surface area contributed by atoms with E-state index in [-0.39, 0.29) is 24.3 Å². The Morgan fingerprint density at radius 1 is 1.12 bits per heavy atom. The SMILES string of the molecule is CCCN(C)c1ccc(C(=O)N[C@H](CO)Cc2ccc(O)cc2)cc1. The lowest BCUT2D eigenvalue weighted by Gasteiger charge is -2.19. The Kier molecular flexibility index (Phi) is 6.83. The Bertz CT molecular complexity index is 668. The number of rotatable bonds is 8. The highest BCUT2D eigenvalue weighted by molar-refractivity contribution is 5.94. The van der Waals surface area contributed by atoms with Crippen molar-refractivity contribution in [1.29, 1.82) is 0 Å². The normalized spacial score (nSPS) is 11.8. The summed E-state index contributed by atoms with van der Waals surface area (Å²) in [5, 5.41) is 21.7. The minimum atomic E-state index is -0.375. The van der Waals surface area contributed by atoms with E-state index in [2.05, 4.69) is 17.1 Å². The fourth-order valence-electron chi connectivity index (χ4n) is 2.68. The minimum Gasteiger partial charge on any atom is -0.508 e. The van der Waals surface area contributed by atoms with Crippen molar-refractivity contribution in [2.45, 2.75) is 25.8 Å². The Labute approximate surface area is 148 Å². The molecule has 2 aromatic rings. The highest BCUT2D eigenvalue weighted by Gasteiger charge is 2.14. The molecule has 5 heteroatoms. The molecule has 134 valence electrons. The van der Waals surface area contributed by atoms with Crippen molar-refractivity contribution < 1.29 is 15.0 Å². The van der Waals surface area contributed by atoms with Gasteiger partial charge in [-0.1, -0.05) is 19.1 Å². The van der Waals surface area contributed by atoms with Gasteiger partial charge in [-0.3, -0.25) is 4.79 Å². The number of aromatic hydroxyl groups is 1. The molecule has 0 aliphatic heterocycles. The van der Waals surface area contributed by atoms with Crippen molar-refractivity contribution in [1.82, 2.24) is 5.32 Å². The number of aliphatic hydroxyl groups is 1. The van der Waals surface area contributed by atoms with Gasteiger partial charge in [-0.05, 0) is 54.8 Å². The highest BCUT2D eigenvalue weighted by Crippen LogP contribution is 2.15. The zero-order valence-electron chi connectivity index (χ0n) is 14.8. The molecule has 1 atom stereocenters. The zero-order valence-corrected chi connectivity index (χ0v) is 14.8. The van der Waals surface area contributed by atoms with Gasteiger partial charge in [-0.2, -0.15) is 0 Å². The maximum Gasteiger partial charge on any atom is 0.251 e. The molecule has 0 bridgehead atoms. The third-order valence-corrected chi connectivity index (χ3v) is 4.10. The summed E-state index contributed by atoms with van der Waals surface area (Å²) in [4.78, 5) is 14.5. The number of phenolic OH excluding ortho intramolecular Hbond substituents is 1. The smallest absolute Gasteiger partial charge is 0.251 e. The van der Waals surface area contributed by atoms with Crippen LogP contribution in [0.15, 0.2) is 48.5 Å². The number of carbonyl (C=O) groups excluding carboxylic acids is 1. The number of hydrogen-bond acceptors (Lipinski definition) is 4. The van der Waals surface area contributed by atoms with Crippen molar-refractivity contribution in [3.63, 3.8) is 0 Å². The second-order valence-electron chi connectivity index (χ2n) is 6.19. The molecule has 0 aromatic heterocycles. The van der Waals surface area contributed by atoms with Crippen molar-refractivity contribution >= 4 is 11.6 Å². The van der Waals surface area contributed by atoms with Crippen LogP contribution < -0.4 is 10.2 Å². The standard InChI is InChI=1S/C20H26N2O3/c1-3-12-22(2)18-8-6-16(7-9-18)20(25)21-17(14-23)13-15-4-10-19(24)11-5-15/h4-11,17,23-24H,3,12-14H2,1-2H3,(H,21,25)/t17-/m0/s1. The van der Waals surface area contributed by atoms with Crippen LogP contribution in [-0.4, -0.2) is 42.4 Å². The third-order valence-electron chi connectivity index (χ3n) is 4.10. The lowest BCUT2D eigenvalue weighted by atomic mass is 10.1. The third kappa shape index (κ3) is 5.50. The summed E-state index contributed by atoms with van der Waals surface area (Å²) < 4.78 is 0. The molecule has 3 N–H and O–H groups in total. The average Bonchev–Trinajstić information content (AvgIpc) is 2.63. The highest BCUT2D eigenvalue weighted by atomic mass is 16.3. The van der Waals surface area contributed by atoms with Crippen LogP contribution >= 0.6 is 0 Å². The number of nitrogens with one attached hydrogen (secondary N) is 1. The Morgan fingerprint density at radius 2 is 1.76 bits per heavy atom. The topological polar surface area (TPSA) is 72.8 Å². The predicted octanol–water partition coefficient (Wildman–Crippen LogP) is 2.57. The van der Waals surface area contributed by atoms with Gasteiger partial charge in [0.05, 0.1) is 12.6 Å². The predicted molar refractivity (Wildman–Crippen MR) is 100 cm³/mol. The van der Waals surface area contributed by atoms with Crippen molar-refractivity contribution in [3.8, 4) is 5.75 Å². The number of nitrogens with zero attached hydrogens (tertiary/aromatic N) is 1. The first-order valence-electron chi connectivity index (χ1n) is 8.54. The molecule has 0 spiro atoms. The van der Waals surface area contributed by atoms with E-state index in [1.165, 1.54) is 0 Å². The summed E-state index contributed by atoms with van der Waals surface area (Å²) in [5.41, 5.74) is 2.58. The quantitative estimate of drug-likeness (QED) is 0.689. The van der Waals surface area contributed by atoms with Gasteiger partial charge in [0.25, 0.3) is 5.91 Å². The van der Waals surface area contributed by atoms with E-state index in [1.54, 1.807) is 36.4 Å². The molecule has 0 aliphatic carbocycles. The van der Waals surface area contributed by atoms with Crippen LogP contribution in [0.4, 0.5) is 5.69 Å². The summed E-state index contributed by atoms with van der Waals surface area (Å²) in [6.07, 6.45) is 1.56. The monoisotopic (exact) mass is 342 g/mol. The van der Waals surface area contributed by atoms with Crippen LogP contribution in [0.25, 0.3) is 0 Å². The van der Waals surface area contributed by atoms with Crippen LogP contribution in [0.3, 0.4) is 0 Å². The second-order valence-corrected chi connectivity index (χ2v) is 6.19. The molecule has 2 aromatic carbocycles. The molecule has 1 amide bonds. The minimum absolute atomic E-state index is 0.149. The first kappa shape index (κ1) is 18.8. The first-order chi connectivity index (χ1) is 12.0. The van der Waals surface area contributed by atoms with Crippen LogP contribution in [0.2, 0.25) is 0 Å². The van der Waals surface area contributed by atoms with Crippen molar-refractivity contribution in [3.05, 3.63) is 59.7 Å². The molecule has 0 saturated heterocycles. The van der Waals surface area contributed by atoms with E-state index in [0.717, 1.165) is 24.2 Å². The zero-order chi connectivity index (χ0) is 18.2. The molecular formula is C20H26N2O3. The second kappa shape index (κ2) is 9.08. The maximum absolute atomic E-state index is 12.4. The van der Waals surface area contributed by atoms with E-state index in [4.69, 9.17) is 0 Å². The van der Waals surface area contributed by atoms with Gasteiger partial charge < -0.3 is 20.4 Å². The maximum atomic E-state index is 12.4. The lowest BCUT2D eigenvalue weighted by Crippen LogP contribution is -2.39. The van der Waals surface area contributed by atoms with Gasteiger partial charge >= 0.3 is 0 Å². The average molecular weight is 342 g/mol. The molecule has 0 saturated carbocycles. The van der Waals surface area contributed by atoms with Gasteiger partial charge in [-0.25, -0.2) is 0 Å². The Hall–Kier alpha value is -2.53.